The van der Waals surface area contributed by atoms with Gasteiger partial charge in [0, 0.05) is 24.3 Å². The molecular weight excluding hydrogens is 354 g/mol. The number of rotatable bonds is 5. The summed E-state index contributed by atoms with van der Waals surface area (Å²) in [7, 11) is -1.90. The summed E-state index contributed by atoms with van der Waals surface area (Å²) in [5.41, 5.74) is 0.0601. The van der Waals surface area contributed by atoms with Crippen LogP contribution in [0.2, 0.25) is 0 Å². The van der Waals surface area contributed by atoms with E-state index < -0.39 is 10.0 Å². The third kappa shape index (κ3) is 4.17. The predicted octanol–water partition coefficient (Wildman–Crippen LogP) is 3.13. The molecule has 2 N–H and O–H groups in total. The Hall–Kier alpha value is -0.660. The van der Waals surface area contributed by atoms with E-state index in [9.17, 15) is 8.42 Å². The highest BCUT2D eigenvalue weighted by molar-refractivity contribution is 9.10. The van der Waals surface area contributed by atoms with E-state index in [0.29, 0.717) is 16.8 Å². The number of pyridine rings is 1. The average molecular weight is 376 g/mol. The molecule has 0 unspecified atom stereocenters. The molecule has 1 aromatic heterocycles. The Balaban J connectivity index is 2.17. The van der Waals surface area contributed by atoms with Crippen molar-refractivity contribution >= 4 is 31.8 Å². The van der Waals surface area contributed by atoms with Gasteiger partial charge in [0.05, 0.1) is 0 Å². The van der Waals surface area contributed by atoms with Crippen molar-refractivity contribution in [1.82, 2.24) is 9.71 Å². The lowest BCUT2D eigenvalue weighted by atomic mass is 9.76. The van der Waals surface area contributed by atoms with E-state index in [0.717, 1.165) is 12.8 Å². The third-order valence-corrected chi connectivity index (χ3v) is 5.94. The minimum atomic E-state index is -3.57. The third-order valence-electron chi connectivity index (χ3n) is 4.10. The molecule has 0 saturated heterocycles. The Labute approximate surface area is 135 Å². The highest BCUT2D eigenvalue weighted by atomic mass is 79.9. The van der Waals surface area contributed by atoms with Crippen molar-refractivity contribution in [1.29, 1.82) is 0 Å². The lowest BCUT2D eigenvalue weighted by molar-refractivity contribution is 0.219. The van der Waals surface area contributed by atoms with Crippen LogP contribution in [0.1, 0.15) is 39.0 Å². The largest absolute Gasteiger partial charge is 0.372 e. The highest BCUT2D eigenvalue weighted by Crippen LogP contribution is 2.35. The van der Waals surface area contributed by atoms with E-state index in [2.05, 4.69) is 37.9 Å². The first-order chi connectivity index (χ1) is 9.86. The van der Waals surface area contributed by atoms with Crippen LogP contribution in [-0.4, -0.2) is 27.0 Å². The second-order valence-corrected chi connectivity index (χ2v) is 8.60. The molecule has 0 aliphatic heterocycles. The maximum absolute atomic E-state index is 12.5. The Morgan fingerprint density at radius 3 is 2.62 bits per heavy atom. The minimum absolute atomic E-state index is 0.0601. The predicted molar refractivity (Wildman–Crippen MR) is 87.9 cm³/mol. The molecule has 0 bridgehead atoms. The van der Waals surface area contributed by atoms with Crippen LogP contribution in [0.4, 0.5) is 5.82 Å². The van der Waals surface area contributed by atoms with Gasteiger partial charge >= 0.3 is 0 Å². The number of aromatic nitrogens is 1. The van der Waals surface area contributed by atoms with Crippen molar-refractivity contribution in [2.24, 2.45) is 5.41 Å². The van der Waals surface area contributed by atoms with Crippen molar-refractivity contribution in [3.8, 4) is 0 Å². The van der Waals surface area contributed by atoms with E-state index in [1.807, 2.05) is 0 Å². The normalized spacial score (nSPS) is 18.4. The van der Waals surface area contributed by atoms with Crippen molar-refractivity contribution in [2.75, 3.05) is 18.9 Å². The van der Waals surface area contributed by atoms with Crippen LogP contribution in [0.15, 0.2) is 21.6 Å². The van der Waals surface area contributed by atoms with Crippen LogP contribution in [0.25, 0.3) is 0 Å². The van der Waals surface area contributed by atoms with E-state index in [1.54, 1.807) is 19.3 Å². The fourth-order valence-corrected chi connectivity index (χ4v) is 4.61. The maximum atomic E-state index is 12.5. The van der Waals surface area contributed by atoms with Gasteiger partial charge < -0.3 is 5.32 Å². The average Bonchev–Trinajstić information content (AvgIpc) is 2.46. The van der Waals surface area contributed by atoms with Gasteiger partial charge in [0.1, 0.15) is 10.7 Å². The molecule has 1 aliphatic rings. The molecule has 0 radical (unpaired) electrons. The van der Waals surface area contributed by atoms with Crippen molar-refractivity contribution in [2.45, 2.75) is 43.9 Å². The lowest BCUT2D eigenvalue weighted by Crippen LogP contribution is -2.37. The van der Waals surface area contributed by atoms with Gasteiger partial charge in [-0.25, -0.2) is 18.1 Å². The number of hydrogen-bond acceptors (Lipinski definition) is 4. The fourth-order valence-electron chi connectivity index (χ4n) is 2.74. The molecule has 2 rings (SSSR count). The molecule has 118 valence electrons. The van der Waals surface area contributed by atoms with Crippen LogP contribution < -0.4 is 10.0 Å². The van der Waals surface area contributed by atoms with Gasteiger partial charge in [-0.2, -0.15) is 0 Å². The first-order valence-electron chi connectivity index (χ1n) is 7.19. The Morgan fingerprint density at radius 2 is 2.00 bits per heavy atom. The first-order valence-corrected chi connectivity index (χ1v) is 9.47. The number of nitrogens with zero attached hydrogens (tertiary/aromatic N) is 1. The van der Waals surface area contributed by atoms with Crippen LogP contribution in [0.5, 0.6) is 0 Å². The van der Waals surface area contributed by atoms with Gasteiger partial charge in [-0.05, 0) is 40.3 Å². The molecule has 21 heavy (non-hydrogen) atoms. The number of nitrogens with one attached hydrogen (secondary N) is 2. The standard InChI is InChI=1S/C14H22BrN3O2S/c1-14(6-4-3-5-7-14)10-18-21(19,20)12-8-11(15)9-17-13(12)16-2/h8-9,18H,3-7,10H2,1-2H3,(H,16,17). The molecule has 1 saturated carbocycles. The number of hydrogen-bond donors (Lipinski definition) is 2. The fraction of sp³-hybridized carbons (Fsp3) is 0.643. The molecule has 0 spiro atoms. The van der Waals surface area contributed by atoms with Gasteiger partial charge in [0.2, 0.25) is 10.0 Å². The zero-order valence-electron chi connectivity index (χ0n) is 12.4. The molecule has 5 nitrogen and oxygen atoms in total. The summed E-state index contributed by atoms with van der Waals surface area (Å²) in [6.07, 6.45) is 7.34. The number of halogens is 1. The van der Waals surface area contributed by atoms with Gasteiger partial charge in [0.15, 0.2) is 0 Å². The molecule has 0 atom stereocenters. The van der Waals surface area contributed by atoms with Crippen molar-refractivity contribution in [3.05, 3.63) is 16.7 Å². The summed E-state index contributed by atoms with van der Waals surface area (Å²) in [5, 5.41) is 2.83. The summed E-state index contributed by atoms with van der Waals surface area (Å²) in [4.78, 5) is 4.28. The van der Waals surface area contributed by atoms with E-state index >= 15 is 0 Å². The minimum Gasteiger partial charge on any atom is -0.372 e. The van der Waals surface area contributed by atoms with Crippen LogP contribution in [0.3, 0.4) is 0 Å². The monoisotopic (exact) mass is 375 g/mol. The molecule has 1 fully saturated rings. The van der Waals surface area contributed by atoms with Gasteiger partial charge in [-0.1, -0.05) is 26.2 Å². The Morgan fingerprint density at radius 1 is 1.33 bits per heavy atom. The molecule has 0 amide bonds. The summed E-state index contributed by atoms with van der Waals surface area (Å²) in [5.74, 6) is 0.361. The topological polar surface area (TPSA) is 71.1 Å². The van der Waals surface area contributed by atoms with Crippen molar-refractivity contribution < 1.29 is 8.42 Å². The molecule has 0 aromatic carbocycles. The smallest absolute Gasteiger partial charge is 0.244 e. The zero-order valence-corrected chi connectivity index (χ0v) is 14.8. The molecular formula is C14H22BrN3O2S. The molecule has 1 heterocycles. The van der Waals surface area contributed by atoms with Gasteiger partial charge in [0.25, 0.3) is 0 Å². The summed E-state index contributed by atoms with van der Waals surface area (Å²) >= 11 is 3.27. The maximum Gasteiger partial charge on any atom is 0.244 e. The van der Waals surface area contributed by atoms with E-state index in [1.165, 1.54) is 19.3 Å². The molecule has 1 aliphatic carbocycles. The van der Waals surface area contributed by atoms with Gasteiger partial charge in [-0.3, -0.25) is 0 Å². The number of anilines is 1. The Bertz CT molecular complexity index is 598. The summed E-state index contributed by atoms with van der Waals surface area (Å²) < 4.78 is 28.5. The number of sulfonamides is 1. The second-order valence-electron chi connectivity index (χ2n) is 5.95. The first kappa shape index (κ1) is 16.7. The zero-order chi connectivity index (χ0) is 15.5. The highest BCUT2D eigenvalue weighted by Gasteiger charge is 2.29. The van der Waals surface area contributed by atoms with Crippen molar-refractivity contribution in [3.63, 3.8) is 0 Å². The molecule has 1 aromatic rings. The van der Waals surface area contributed by atoms with Crippen LogP contribution in [0, 0.1) is 5.41 Å². The van der Waals surface area contributed by atoms with E-state index in [-0.39, 0.29) is 10.3 Å². The van der Waals surface area contributed by atoms with Crippen LogP contribution in [-0.2, 0) is 10.0 Å². The summed E-state index contributed by atoms with van der Waals surface area (Å²) in [6.45, 7) is 2.64. The summed E-state index contributed by atoms with van der Waals surface area (Å²) in [6, 6.07) is 1.57. The van der Waals surface area contributed by atoms with Gasteiger partial charge in [-0.15, -0.1) is 0 Å². The van der Waals surface area contributed by atoms with E-state index in [4.69, 9.17) is 0 Å². The quantitative estimate of drug-likeness (QED) is 0.828. The van der Waals surface area contributed by atoms with Crippen LogP contribution >= 0.6 is 15.9 Å². The Kier molecular flexibility index (Phi) is 5.27. The second kappa shape index (κ2) is 6.62. The molecule has 7 heteroatoms. The SMILES string of the molecule is CNc1ncc(Br)cc1S(=O)(=O)NCC1(C)CCCCC1. The lowest BCUT2D eigenvalue weighted by Gasteiger charge is -2.33.